The Bertz CT molecular complexity index is 1160. The third-order valence-corrected chi connectivity index (χ3v) is 7.39. The first-order valence-electron chi connectivity index (χ1n) is 8.84. The number of amides is 1. The lowest BCUT2D eigenvalue weighted by atomic mass is 10.0. The summed E-state index contributed by atoms with van der Waals surface area (Å²) in [5.74, 6) is 0.0330. The number of para-hydroxylation sites is 1. The highest BCUT2D eigenvalue weighted by Gasteiger charge is 2.27. The van der Waals surface area contributed by atoms with Crippen molar-refractivity contribution in [2.45, 2.75) is 13.0 Å². The second-order valence-corrected chi connectivity index (χ2v) is 9.66. The average molecular weight is 474 g/mol. The number of thiazole rings is 1. The molecule has 5 rings (SSSR count). The molecule has 1 amide bonds. The molecule has 0 unspecified atom stereocenters. The van der Waals surface area contributed by atoms with Gasteiger partial charge in [-0.1, -0.05) is 12.1 Å². The predicted octanol–water partition coefficient (Wildman–Crippen LogP) is 5.62. The summed E-state index contributed by atoms with van der Waals surface area (Å²) in [4.78, 5) is 21.2. The van der Waals surface area contributed by atoms with E-state index in [0.717, 1.165) is 45.3 Å². The van der Waals surface area contributed by atoms with E-state index in [-0.39, 0.29) is 11.7 Å². The normalized spacial score (nSPS) is 14.4. The molecule has 3 aromatic heterocycles. The number of aromatic nitrogens is 1. The van der Waals surface area contributed by atoms with Crippen LogP contribution in [0.4, 0.5) is 5.00 Å². The Morgan fingerprint density at radius 2 is 2.11 bits per heavy atom. The number of benzene rings is 1. The predicted molar refractivity (Wildman–Crippen MR) is 117 cm³/mol. The fraction of sp³-hybridized carbons (Fsp3) is 0.200. The van der Waals surface area contributed by atoms with Crippen LogP contribution in [0.2, 0.25) is 0 Å². The minimum Gasteiger partial charge on any atom is -0.444 e. The molecule has 0 bridgehead atoms. The number of anilines is 1. The van der Waals surface area contributed by atoms with Crippen molar-refractivity contribution in [3.05, 3.63) is 57.3 Å². The first-order chi connectivity index (χ1) is 13.6. The fourth-order valence-corrected chi connectivity index (χ4v) is 6.17. The first kappa shape index (κ1) is 18.1. The molecule has 0 atom stereocenters. The molecule has 28 heavy (non-hydrogen) atoms. The number of likely N-dealkylation sites (N-methyl/N-ethyl adjacent to an activating group) is 1. The van der Waals surface area contributed by atoms with Gasteiger partial charge in [0.05, 0.1) is 10.2 Å². The third kappa shape index (κ3) is 3.20. The van der Waals surface area contributed by atoms with E-state index in [2.05, 4.69) is 39.3 Å². The zero-order valence-corrected chi connectivity index (χ0v) is 18.2. The van der Waals surface area contributed by atoms with Crippen LogP contribution in [0.1, 0.15) is 21.0 Å². The average Bonchev–Trinajstić information content (AvgIpc) is 3.36. The van der Waals surface area contributed by atoms with Gasteiger partial charge in [0.15, 0.2) is 10.4 Å². The molecule has 1 N–H and O–H groups in total. The van der Waals surface area contributed by atoms with Crippen LogP contribution in [0.25, 0.3) is 20.8 Å². The summed E-state index contributed by atoms with van der Waals surface area (Å²) < 4.78 is 7.11. The van der Waals surface area contributed by atoms with Crippen LogP contribution in [0.3, 0.4) is 0 Å². The summed E-state index contributed by atoms with van der Waals surface area (Å²) in [6, 6.07) is 11.5. The highest BCUT2D eigenvalue weighted by molar-refractivity contribution is 9.10. The molecular formula is C20H16BrN3O2S2. The Labute approximate surface area is 178 Å². The number of nitrogens with one attached hydrogen (secondary N) is 1. The van der Waals surface area contributed by atoms with E-state index in [9.17, 15) is 4.79 Å². The van der Waals surface area contributed by atoms with Gasteiger partial charge in [0.2, 0.25) is 0 Å². The lowest BCUT2D eigenvalue weighted by Gasteiger charge is -2.22. The maximum atomic E-state index is 12.7. The van der Waals surface area contributed by atoms with Crippen LogP contribution in [0.15, 0.2) is 45.5 Å². The van der Waals surface area contributed by atoms with E-state index in [1.165, 1.54) is 10.4 Å². The molecular weight excluding hydrogens is 458 g/mol. The van der Waals surface area contributed by atoms with Crippen LogP contribution in [0, 0.1) is 0 Å². The molecule has 1 aliphatic heterocycles. The summed E-state index contributed by atoms with van der Waals surface area (Å²) in [7, 11) is 2.12. The highest BCUT2D eigenvalue weighted by Crippen LogP contribution is 2.45. The SMILES string of the molecule is CN1CCc2c(sc(NC(=O)c3ccc(Br)o3)c2-c2nc3ccccc3s2)C1. The number of hydrogen-bond donors (Lipinski definition) is 1. The number of thiophene rings is 1. The van der Waals surface area contributed by atoms with Crippen molar-refractivity contribution >= 4 is 59.7 Å². The Kier molecular flexibility index (Phi) is 4.59. The quantitative estimate of drug-likeness (QED) is 0.419. The highest BCUT2D eigenvalue weighted by atomic mass is 79.9. The van der Waals surface area contributed by atoms with Crippen molar-refractivity contribution in [2.75, 3.05) is 18.9 Å². The van der Waals surface area contributed by atoms with E-state index in [1.807, 2.05) is 18.2 Å². The number of nitrogens with zero attached hydrogens (tertiary/aromatic N) is 2. The minimum atomic E-state index is -0.250. The van der Waals surface area contributed by atoms with Gasteiger partial charge in [0.25, 0.3) is 5.91 Å². The van der Waals surface area contributed by atoms with Crippen LogP contribution >= 0.6 is 38.6 Å². The van der Waals surface area contributed by atoms with Crippen LogP contribution in [-0.2, 0) is 13.0 Å². The largest absolute Gasteiger partial charge is 0.444 e. The lowest BCUT2D eigenvalue weighted by Crippen LogP contribution is -2.25. The summed E-state index contributed by atoms with van der Waals surface area (Å²) in [5.41, 5.74) is 3.36. The van der Waals surface area contributed by atoms with Gasteiger partial charge in [0.1, 0.15) is 10.0 Å². The molecule has 0 fully saturated rings. The number of hydrogen-bond acceptors (Lipinski definition) is 6. The summed E-state index contributed by atoms with van der Waals surface area (Å²) in [6.07, 6.45) is 0.954. The molecule has 0 saturated heterocycles. The van der Waals surface area contributed by atoms with Gasteiger partial charge in [-0.05, 0) is 59.2 Å². The summed E-state index contributed by atoms with van der Waals surface area (Å²) >= 11 is 6.56. The molecule has 1 aliphatic rings. The molecule has 1 aromatic carbocycles. The van der Waals surface area contributed by atoms with Crippen LogP contribution < -0.4 is 5.32 Å². The third-order valence-electron chi connectivity index (χ3n) is 4.78. The summed E-state index contributed by atoms with van der Waals surface area (Å²) in [6.45, 7) is 1.89. The van der Waals surface area contributed by atoms with E-state index in [1.54, 1.807) is 34.8 Å². The van der Waals surface area contributed by atoms with Gasteiger partial charge in [-0.2, -0.15) is 0 Å². The topological polar surface area (TPSA) is 58.4 Å². The van der Waals surface area contributed by atoms with E-state index >= 15 is 0 Å². The Balaban J connectivity index is 1.60. The number of fused-ring (bicyclic) bond motifs is 2. The van der Waals surface area contributed by atoms with Crippen LogP contribution in [-0.4, -0.2) is 29.4 Å². The second kappa shape index (κ2) is 7.11. The standard InChI is InChI=1S/C20H16BrN3O2S2/c1-24-9-8-11-15(10-24)28-20(23-18(25)13-6-7-16(21)26-13)17(11)19-22-12-4-2-3-5-14(12)27-19/h2-7H,8-10H2,1H3,(H,23,25). The van der Waals surface area contributed by atoms with E-state index in [4.69, 9.17) is 9.40 Å². The van der Waals surface area contributed by atoms with Crippen molar-refractivity contribution in [1.82, 2.24) is 9.88 Å². The van der Waals surface area contributed by atoms with Crippen molar-refractivity contribution < 1.29 is 9.21 Å². The Hall–Kier alpha value is -2.00. The minimum absolute atomic E-state index is 0.250. The monoisotopic (exact) mass is 473 g/mol. The Morgan fingerprint density at radius 1 is 1.25 bits per heavy atom. The number of furan rings is 1. The van der Waals surface area contributed by atoms with Gasteiger partial charge in [0, 0.05) is 23.5 Å². The zero-order chi connectivity index (χ0) is 19.3. The number of carbonyl (C=O) groups is 1. The molecule has 0 radical (unpaired) electrons. The molecule has 142 valence electrons. The maximum Gasteiger partial charge on any atom is 0.292 e. The number of rotatable bonds is 3. The maximum absolute atomic E-state index is 12.7. The van der Waals surface area contributed by atoms with Gasteiger partial charge >= 0.3 is 0 Å². The molecule has 5 nitrogen and oxygen atoms in total. The Morgan fingerprint density at radius 3 is 2.89 bits per heavy atom. The zero-order valence-electron chi connectivity index (χ0n) is 15.0. The summed E-state index contributed by atoms with van der Waals surface area (Å²) in [5, 5.41) is 4.87. The van der Waals surface area contributed by atoms with Gasteiger partial charge < -0.3 is 14.6 Å². The van der Waals surface area contributed by atoms with Gasteiger partial charge in [-0.25, -0.2) is 4.98 Å². The number of halogens is 1. The van der Waals surface area contributed by atoms with Crippen molar-refractivity contribution in [3.8, 4) is 10.6 Å². The van der Waals surface area contributed by atoms with E-state index in [0.29, 0.717) is 4.67 Å². The molecule has 0 saturated carbocycles. The molecule has 8 heteroatoms. The molecule has 4 aromatic rings. The van der Waals surface area contributed by atoms with Crippen molar-refractivity contribution in [3.63, 3.8) is 0 Å². The second-order valence-electron chi connectivity index (χ2n) is 6.74. The van der Waals surface area contributed by atoms with Gasteiger partial charge in [-0.3, -0.25) is 4.79 Å². The molecule has 0 spiro atoms. The van der Waals surface area contributed by atoms with Crippen molar-refractivity contribution in [2.24, 2.45) is 0 Å². The lowest BCUT2D eigenvalue weighted by molar-refractivity contribution is 0.0996. The van der Waals surface area contributed by atoms with Crippen LogP contribution in [0.5, 0.6) is 0 Å². The smallest absolute Gasteiger partial charge is 0.292 e. The number of carbonyl (C=O) groups excluding carboxylic acids is 1. The fourth-order valence-electron chi connectivity index (χ4n) is 3.43. The van der Waals surface area contributed by atoms with E-state index < -0.39 is 0 Å². The van der Waals surface area contributed by atoms with Gasteiger partial charge in [-0.15, -0.1) is 22.7 Å². The first-order valence-corrected chi connectivity index (χ1v) is 11.3. The molecule has 4 heterocycles. The molecule has 0 aliphatic carbocycles. The van der Waals surface area contributed by atoms with Crippen molar-refractivity contribution in [1.29, 1.82) is 0 Å².